The van der Waals surface area contributed by atoms with E-state index in [2.05, 4.69) is 30.2 Å². The first-order chi connectivity index (χ1) is 14.5. The van der Waals surface area contributed by atoms with Crippen molar-refractivity contribution in [1.82, 2.24) is 25.3 Å². The maximum absolute atomic E-state index is 12.1. The molecule has 0 aliphatic heterocycles. The van der Waals surface area contributed by atoms with Crippen molar-refractivity contribution in [1.29, 1.82) is 0 Å². The average Bonchev–Trinajstić information content (AvgIpc) is 3.22. The Hall–Kier alpha value is -2.63. The van der Waals surface area contributed by atoms with E-state index in [1.165, 1.54) is 0 Å². The first-order valence-corrected chi connectivity index (χ1v) is 10.1. The van der Waals surface area contributed by atoms with Crippen molar-refractivity contribution in [3.8, 4) is 0 Å². The lowest BCUT2D eigenvalue weighted by Gasteiger charge is -2.07. The van der Waals surface area contributed by atoms with Gasteiger partial charge in [-0.3, -0.25) is 15.1 Å². The van der Waals surface area contributed by atoms with Crippen LogP contribution in [0.1, 0.15) is 48.4 Å². The number of halogens is 2. The highest BCUT2D eigenvalue weighted by atomic mass is 35.5. The Morgan fingerprint density at radius 2 is 1.87 bits per heavy atom. The number of aryl methyl sites for hydroxylation is 1. The summed E-state index contributed by atoms with van der Waals surface area (Å²) in [6.45, 7) is 1.97. The number of nitrogens with one attached hydrogen (secondary N) is 2. The summed E-state index contributed by atoms with van der Waals surface area (Å²) in [7, 11) is 0. The highest BCUT2D eigenvalue weighted by Crippen LogP contribution is 2.17. The Labute approximate surface area is 192 Å². The zero-order valence-corrected chi connectivity index (χ0v) is 18.7. The minimum Gasteiger partial charge on any atom is -0.382 e. The number of ether oxygens (including phenoxy) is 1. The van der Waals surface area contributed by atoms with Crippen LogP contribution in [0.2, 0.25) is 5.15 Å². The van der Waals surface area contributed by atoms with E-state index >= 15 is 0 Å². The number of nitrogens with two attached hydrogens (primary N) is 3. The zero-order chi connectivity index (χ0) is 21.8. The Bertz CT molecular complexity index is 832. The van der Waals surface area contributed by atoms with Gasteiger partial charge in [0, 0.05) is 38.6 Å². The lowest BCUT2D eigenvalue weighted by Crippen LogP contribution is -2.38. The number of anilines is 2. The number of aliphatic imine (C=N–C) groups is 1. The van der Waals surface area contributed by atoms with Crippen molar-refractivity contribution in [3.05, 3.63) is 29.1 Å². The Balaban J connectivity index is 0.00000480. The summed E-state index contributed by atoms with van der Waals surface area (Å²) in [6.07, 6.45) is 9.30. The number of carbonyl (C=O) groups excluding carboxylic acids is 1. The molecule has 0 aromatic carbocycles. The quantitative estimate of drug-likeness (QED) is 0.175. The first-order valence-electron chi connectivity index (χ1n) is 9.73. The number of guanidine groups is 1. The molecular formula is C18H29Cl2N9O2. The average molecular weight is 474 g/mol. The molecule has 13 heteroatoms. The number of H-pyrrole nitrogens is 1. The first kappa shape index (κ1) is 26.4. The van der Waals surface area contributed by atoms with Gasteiger partial charge in [-0.2, -0.15) is 0 Å². The van der Waals surface area contributed by atoms with Gasteiger partial charge in [0.15, 0.2) is 28.4 Å². The molecule has 2 aromatic rings. The van der Waals surface area contributed by atoms with Gasteiger partial charge in [0.25, 0.3) is 5.91 Å². The van der Waals surface area contributed by atoms with Gasteiger partial charge in [0.2, 0.25) is 0 Å². The van der Waals surface area contributed by atoms with Gasteiger partial charge in [-0.25, -0.2) is 15.0 Å². The smallest absolute Gasteiger partial charge is 0.280 e. The highest BCUT2D eigenvalue weighted by Gasteiger charge is 2.16. The van der Waals surface area contributed by atoms with Gasteiger partial charge >= 0.3 is 0 Å². The second-order valence-corrected chi connectivity index (χ2v) is 6.88. The summed E-state index contributed by atoms with van der Waals surface area (Å²) < 4.78 is 5.61. The fraction of sp³-hybridized carbons (Fsp3) is 0.500. The molecule has 1 amide bonds. The van der Waals surface area contributed by atoms with E-state index < -0.39 is 5.91 Å². The fourth-order valence-electron chi connectivity index (χ4n) is 2.57. The van der Waals surface area contributed by atoms with Crippen LogP contribution in [0.25, 0.3) is 0 Å². The summed E-state index contributed by atoms with van der Waals surface area (Å²) in [5.41, 5.74) is 16.7. The standard InChI is InChI=1S/C18H28ClN9O2.ClH/c19-14-16(21)27-15(20)13(26-14)17(29)28-18(22)25-7-3-1-2-4-10-30-11-5-6-12-23-8-9-24-12;/h8-9H,1-7,10-11H2,(H,23,24)(H4,20,21,27)(H3,22,25,28,29);1H. The molecule has 0 bridgehead atoms. The summed E-state index contributed by atoms with van der Waals surface area (Å²) in [4.78, 5) is 31.0. The van der Waals surface area contributed by atoms with E-state index in [1.807, 2.05) is 6.20 Å². The molecular weight excluding hydrogens is 445 g/mol. The number of unbranched alkanes of at least 4 members (excludes halogenated alkanes) is 3. The SMILES string of the molecule is Cl.NC(=NCCCCCCOCCCc1ncc[nH]1)NC(=O)c1nc(Cl)c(N)nc1N. The van der Waals surface area contributed by atoms with Crippen LogP contribution in [0, 0.1) is 0 Å². The van der Waals surface area contributed by atoms with Crippen LogP contribution in [0.3, 0.4) is 0 Å². The molecule has 8 N–H and O–H groups in total. The summed E-state index contributed by atoms with van der Waals surface area (Å²) in [5.74, 6) is 0.140. The zero-order valence-electron chi connectivity index (χ0n) is 17.1. The second-order valence-electron chi connectivity index (χ2n) is 6.52. The molecule has 0 fully saturated rings. The molecule has 0 aliphatic carbocycles. The molecule has 2 heterocycles. The molecule has 172 valence electrons. The third kappa shape index (κ3) is 9.81. The molecule has 2 aromatic heterocycles. The van der Waals surface area contributed by atoms with E-state index in [1.54, 1.807) is 6.20 Å². The Morgan fingerprint density at radius 1 is 1.13 bits per heavy atom. The maximum atomic E-state index is 12.1. The van der Waals surface area contributed by atoms with Gasteiger partial charge in [-0.1, -0.05) is 24.4 Å². The molecule has 0 saturated carbocycles. The van der Waals surface area contributed by atoms with Crippen LogP contribution in [0.15, 0.2) is 17.4 Å². The number of hydrogen-bond acceptors (Lipinski definition) is 8. The van der Waals surface area contributed by atoms with Crippen molar-refractivity contribution in [3.63, 3.8) is 0 Å². The predicted octanol–water partition coefficient (Wildman–Crippen LogP) is 1.69. The number of hydrogen-bond donors (Lipinski definition) is 5. The Kier molecular flexibility index (Phi) is 12.3. The van der Waals surface area contributed by atoms with Crippen LogP contribution in [0.5, 0.6) is 0 Å². The van der Waals surface area contributed by atoms with Gasteiger partial charge in [0.1, 0.15) is 5.82 Å². The van der Waals surface area contributed by atoms with Crippen LogP contribution in [-0.2, 0) is 11.2 Å². The molecule has 31 heavy (non-hydrogen) atoms. The van der Waals surface area contributed by atoms with Gasteiger partial charge < -0.3 is 26.9 Å². The number of aromatic nitrogens is 4. The number of amides is 1. The van der Waals surface area contributed by atoms with Crippen molar-refractivity contribution in [2.24, 2.45) is 10.7 Å². The molecule has 0 spiro atoms. The van der Waals surface area contributed by atoms with Crippen LogP contribution < -0.4 is 22.5 Å². The fourth-order valence-corrected chi connectivity index (χ4v) is 2.70. The van der Waals surface area contributed by atoms with Gasteiger partial charge in [0.05, 0.1) is 0 Å². The van der Waals surface area contributed by atoms with Crippen molar-refractivity contribution in [2.45, 2.75) is 38.5 Å². The third-order valence-electron chi connectivity index (χ3n) is 4.10. The number of nitrogen functional groups attached to an aromatic ring is 2. The molecule has 0 aliphatic rings. The van der Waals surface area contributed by atoms with E-state index in [4.69, 9.17) is 33.5 Å². The second kappa shape index (κ2) is 14.4. The topological polar surface area (TPSA) is 183 Å². The van der Waals surface area contributed by atoms with Crippen LogP contribution in [-0.4, -0.2) is 51.6 Å². The van der Waals surface area contributed by atoms with Crippen LogP contribution in [0.4, 0.5) is 11.6 Å². The molecule has 11 nitrogen and oxygen atoms in total. The van der Waals surface area contributed by atoms with Crippen LogP contribution >= 0.6 is 24.0 Å². The number of rotatable bonds is 12. The predicted molar refractivity (Wildman–Crippen MR) is 123 cm³/mol. The van der Waals surface area contributed by atoms with Crippen molar-refractivity contribution < 1.29 is 9.53 Å². The molecule has 0 atom stereocenters. The molecule has 0 saturated heterocycles. The third-order valence-corrected chi connectivity index (χ3v) is 4.38. The molecule has 0 radical (unpaired) electrons. The van der Waals surface area contributed by atoms with Gasteiger partial charge in [-0.05, 0) is 19.3 Å². The van der Waals surface area contributed by atoms with Crippen molar-refractivity contribution >= 4 is 47.5 Å². The van der Waals surface area contributed by atoms with E-state index in [0.29, 0.717) is 6.54 Å². The summed E-state index contributed by atoms with van der Waals surface area (Å²) >= 11 is 5.76. The van der Waals surface area contributed by atoms with Crippen molar-refractivity contribution in [2.75, 3.05) is 31.2 Å². The maximum Gasteiger partial charge on any atom is 0.280 e. The lowest BCUT2D eigenvalue weighted by molar-refractivity contribution is 0.0972. The van der Waals surface area contributed by atoms with E-state index in [9.17, 15) is 4.79 Å². The summed E-state index contributed by atoms with van der Waals surface area (Å²) in [6, 6.07) is 0. The highest BCUT2D eigenvalue weighted by molar-refractivity contribution is 6.31. The number of carbonyl (C=O) groups is 1. The largest absolute Gasteiger partial charge is 0.382 e. The van der Waals surface area contributed by atoms with Gasteiger partial charge in [-0.15, -0.1) is 12.4 Å². The minimum atomic E-state index is -0.646. The van der Waals surface area contributed by atoms with E-state index in [-0.39, 0.29) is 40.8 Å². The monoisotopic (exact) mass is 473 g/mol. The number of imidazole rings is 1. The molecule has 2 rings (SSSR count). The lowest BCUT2D eigenvalue weighted by atomic mass is 10.2. The number of nitrogens with zero attached hydrogens (tertiary/aromatic N) is 4. The molecule has 0 unspecified atom stereocenters. The van der Waals surface area contributed by atoms with E-state index in [0.717, 1.165) is 57.6 Å². The minimum absolute atomic E-state index is 0. The Morgan fingerprint density at radius 3 is 2.61 bits per heavy atom. The summed E-state index contributed by atoms with van der Waals surface area (Å²) in [5, 5.41) is 2.30. The number of aromatic amines is 1. The normalized spacial score (nSPS) is 11.2.